The van der Waals surface area contributed by atoms with E-state index in [2.05, 4.69) is 0 Å². The van der Waals surface area contributed by atoms with Crippen LogP contribution in [0.2, 0.25) is 5.02 Å². The third-order valence-electron chi connectivity index (χ3n) is 3.43. The van der Waals surface area contributed by atoms with Crippen LogP contribution < -0.4 is 4.74 Å². The molecule has 0 heterocycles. The maximum atomic E-state index is 12.6. The Hall–Kier alpha value is -1.72. The topological polar surface area (TPSA) is 29.5 Å². The third-order valence-corrected chi connectivity index (χ3v) is 3.73. The second-order valence-corrected chi connectivity index (χ2v) is 5.54. The first-order chi connectivity index (χ1) is 10.7. The van der Waals surface area contributed by atoms with Crippen LogP contribution in [0.1, 0.15) is 36.6 Å². The molecule has 0 aromatic heterocycles. The number of aliphatic hydroxyl groups is 1. The maximum absolute atomic E-state index is 12.6. The Morgan fingerprint density at radius 2 is 1.87 bits per heavy atom. The van der Waals surface area contributed by atoms with Gasteiger partial charge in [0.25, 0.3) is 0 Å². The number of hydrogen-bond acceptors (Lipinski definition) is 2. The van der Waals surface area contributed by atoms with E-state index in [0.717, 1.165) is 23.3 Å². The second-order valence-electron chi connectivity index (χ2n) is 5.14. The molecular formula is C17H16ClF3O2. The number of aryl methyl sites for hydroxylation is 1. The molecule has 0 saturated carbocycles. The lowest BCUT2D eigenvalue weighted by atomic mass is 10.0. The number of ether oxygens (including phenoxy) is 1. The van der Waals surface area contributed by atoms with E-state index in [1.807, 2.05) is 6.92 Å². The van der Waals surface area contributed by atoms with Crippen LogP contribution in [0.4, 0.5) is 13.2 Å². The van der Waals surface area contributed by atoms with Gasteiger partial charge in [0.05, 0.1) is 16.7 Å². The van der Waals surface area contributed by atoms with Crippen molar-refractivity contribution in [1.29, 1.82) is 0 Å². The molecular weight excluding hydrogens is 329 g/mol. The monoisotopic (exact) mass is 344 g/mol. The van der Waals surface area contributed by atoms with Gasteiger partial charge in [-0.05, 0) is 54.8 Å². The van der Waals surface area contributed by atoms with Crippen LogP contribution in [0, 0.1) is 0 Å². The van der Waals surface area contributed by atoms with Gasteiger partial charge in [-0.3, -0.25) is 0 Å². The predicted octanol–water partition coefficient (Wildman–Crippen LogP) is 5.77. The van der Waals surface area contributed by atoms with Gasteiger partial charge in [0.1, 0.15) is 11.5 Å². The summed E-state index contributed by atoms with van der Waals surface area (Å²) in [5.74, 6) is 0.597. The fourth-order valence-corrected chi connectivity index (χ4v) is 2.47. The van der Waals surface area contributed by atoms with Crippen LogP contribution >= 0.6 is 11.6 Å². The van der Waals surface area contributed by atoms with Crippen LogP contribution in [-0.2, 0) is 12.6 Å². The van der Waals surface area contributed by atoms with Gasteiger partial charge in [0.2, 0.25) is 0 Å². The van der Waals surface area contributed by atoms with Crippen molar-refractivity contribution in [3.63, 3.8) is 0 Å². The standard InChI is InChI=1S/C17H16ClF3O2/c1-3-11-8-13(5-6-14(11)10(2)22)23-16-7-4-12(9-15(16)18)17(19,20)21/h4-10,22H,3H2,1-2H3. The Morgan fingerprint density at radius 3 is 2.39 bits per heavy atom. The number of aliphatic hydroxyl groups excluding tert-OH is 1. The minimum Gasteiger partial charge on any atom is -0.456 e. The lowest BCUT2D eigenvalue weighted by Crippen LogP contribution is -2.04. The zero-order valence-electron chi connectivity index (χ0n) is 12.6. The second kappa shape index (κ2) is 6.81. The van der Waals surface area contributed by atoms with Crippen molar-refractivity contribution in [3.8, 4) is 11.5 Å². The fourth-order valence-electron chi connectivity index (χ4n) is 2.25. The summed E-state index contributed by atoms with van der Waals surface area (Å²) in [4.78, 5) is 0. The number of rotatable bonds is 4. The van der Waals surface area contributed by atoms with E-state index in [1.165, 1.54) is 6.07 Å². The minimum atomic E-state index is -4.45. The van der Waals surface area contributed by atoms with Gasteiger partial charge in [-0.15, -0.1) is 0 Å². The molecule has 2 aromatic rings. The molecule has 0 aliphatic rings. The molecule has 2 aromatic carbocycles. The molecule has 1 atom stereocenters. The average Bonchev–Trinajstić information content (AvgIpc) is 2.47. The molecule has 23 heavy (non-hydrogen) atoms. The van der Waals surface area contributed by atoms with Crippen molar-refractivity contribution >= 4 is 11.6 Å². The van der Waals surface area contributed by atoms with E-state index in [4.69, 9.17) is 16.3 Å². The van der Waals surface area contributed by atoms with Crippen molar-refractivity contribution in [2.75, 3.05) is 0 Å². The molecule has 1 unspecified atom stereocenters. The number of halogens is 4. The largest absolute Gasteiger partial charge is 0.456 e. The molecule has 0 bridgehead atoms. The van der Waals surface area contributed by atoms with Gasteiger partial charge in [0, 0.05) is 0 Å². The first-order valence-corrected chi connectivity index (χ1v) is 7.45. The van der Waals surface area contributed by atoms with Gasteiger partial charge in [0.15, 0.2) is 0 Å². The summed E-state index contributed by atoms with van der Waals surface area (Å²) < 4.78 is 43.4. The van der Waals surface area contributed by atoms with E-state index in [0.29, 0.717) is 12.2 Å². The van der Waals surface area contributed by atoms with Crippen LogP contribution in [0.3, 0.4) is 0 Å². The van der Waals surface area contributed by atoms with Crippen molar-refractivity contribution < 1.29 is 23.0 Å². The highest BCUT2D eigenvalue weighted by atomic mass is 35.5. The third kappa shape index (κ3) is 4.18. The van der Waals surface area contributed by atoms with Gasteiger partial charge in [-0.25, -0.2) is 0 Å². The summed E-state index contributed by atoms with van der Waals surface area (Å²) in [6.45, 7) is 3.61. The van der Waals surface area contributed by atoms with E-state index in [1.54, 1.807) is 25.1 Å². The molecule has 2 rings (SSSR count). The Bertz CT molecular complexity index is 697. The van der Waals surface area contributed by atoms with E-state index < -0.39 is 17.8 Å². The SMILES string of the molecule is CCc1cc(Oc2ccc(C(F)(F)F)cc2Cl)ccc1C(C)O. The zero-order chi connectivity index (χ0) is 17.2. The van der Waals surface area contributed by atoms with E-state index >= 15 is 0 Å². The van der Waals surface area contributed by atoms with Crippen LogP contribution in [-0.4, -0.2) is 5.11 Å². The highest BCUT2D eigenvalue weighted by Crippen LogP contribution is 2.37. The highest BCUT2D eigenvalue weighted by molar-refractivity contribution is 6.32. The summed E-state index contributed by atoms with van der Waals surface area (Å²) in [6.07, 6.45) is -4.36. The van der Waals surface area contributed by atoms with Gasteiger partial charge in [-0.1, -0.05) is 24.6 Å². The zero-order valence-corrected chi connectivity index (χ0v) is 13.4. The Morgan fingerprint density at radius 1 is 1.17 bits per heavy atom. The van der Waals surface area contributed by atoms with Gasteiger partial charge < -0.3 is 9.84 Å². The first-order valence-electron chi connectivity index (χ1n) is 7.08. The lowest BCUT2D eigenvalue weighted by molar-refractivity contribution is -0.137. The molecule has 0 fully saturated rings. The molecule has 0 saturated heterocycles. The molecule has 0 radical (unpaired) electrons. The summed E-state index contributed by atoms with van der Waals surface area (Å²) in [7, 11) is 0. The summed E-state index contributed by atoms with van der Waals surface area (Å²) in [6, 6.07) is 8.08. The summed E-state index contributed by atoms with van der Waals surface area (Å²) >= 11 is 5.88. The number of alkyl halides is 3. The summed E-state index contributed by atoms with van der Waals surface area (Å²) in [5, 5.41) is 9.59. The van der Waals surface area contributed by atoms with Crippen molar-refractivity contribution in [2.24, 2.45) is 0 Å². The van der Waals surface area contributed by atoms with Crippen molar-refractivity contribution in [1.82, 2.24) is 0 Å². The molecule has 2 nitrogen and oxygen atoms in total. The van der Waals surface area contributed by atoms with Crippen LogP contribution in [0.5, 0.6) is 11.5 Å². The maximum Gasteiger partial charge on any atom is 0.416 e. The van der Waals surface area contributed by atoms with E-state index in [9.17, 15) is 18.3 Å². The molecule has 0 aliphatic carbocycles. The first kappa shape index (κ1) is 17.6. The number of hydrogen-bond donors (Lipinski definition) is 1. The van der Waals surface area contributed by atoms with Crippen molar-refractivity contribution in [3.05, 3.63) is 58.1 Å². The predicted molar refractivity (Wildman–Crippen MR) is 83.0 cm³/mol. The fraction of sp³-hybridized carbons (Fsp3) is 0.294. The molecule has 0 amide bonds. The quantitative estimate of drug-likeness (QED) is 0.763. The molecule has 0 spiro atoms. The Balaban J connectivity index is 2.29. The lowest BCUT2D eigenvalue weighted by Gasteiger charge is -2.14. The summed E-state index contributed by atoms with van der Waals surface area (Å²) in [5.41, 5.74) is 0.868. The van der Waals surface area contributed by atoms with Crippen molar-refractivity contribution in [2.45, 2.75) is 32.5 Å². The minimum absolute atomic E-state index is 0.113. The smallest absolute Gasteiger partial charge is 0.416 e. The Labute approximate surface area is 137 Å². The van der Waals surface area contributed by atoms with Crippen LogP contribution in [0.25, 0.3) is 0 Å². The van der Waals surface area contributed by atoms with Crippen LogP contribution in [0.15, 0.2) is 36.4 Å². The molecule has 1 N–H and O–H groups in total. The highest BCUT2D eigenvalue weighted by Gasteiger charge is 2.31. The molecule has 0 aliphatic heterocycles. The van der Waals surface area contributed by atoms with E-state index in [-0.39, 0.29) is 10.8 Å². The Kier molecular flexibility index (Phi) is 5.22. The van der Waals surface area contributed by atoms with Gasteiger partial charge in [-0.2, -0.15) is 13.2 Å². The normalized spacial score (nSPS) is 13.0. The number of benzene rings is 2. The molecule has 124 valence electrons. The average molecular weight is 345 g/mol. The van der Waals surface area contributed by atoms with Gasteiger partial charge >= 0.3 is 6.18 Å². The molecule has 6 heteroatoms.